The Morgan fingerprint density at radius 1 is 1.32 bits per heavy atom. The summed E-state index contributed by atoms with van der Waals surface area (Å²) in [6.07, 6.45) is 4.99. The van der Waals surface area contributed by atoms with Crippen LogP contribution in [0.2, 0.25) is 10.0 Å². The van der Waals surface area contributed by atoms with Gasteiger partial charge in [-0.1, -0.05) is 55.6 Å². The molecule has 1 nitrogen and oxygen atoms in total. The Labute approximate surface area is 126 Å². The van der Waals surface area contributed by atoms with Crippen LogP contribution >= 0.6 is 23.2 Å². The summed E-state index contributed by atoms with van der Waals surface area (Å²) in [6.45, 7) is 5.54. The first-order chi connectivity index (χ1) is 9.11. The van der Waals surface area contributed by atoms with Crippen molar-refractivity contribution in [3.63, 3.8) is 0 Å². The minimum absolute atomic E-state index is 0.519. The van der Waals surface area contributed by atoms with Crippen molar-refractivity contribution in [1.29, 1.82) is 0 Å². The Balaban J connectivity index is 2.09. The molecule has 1 aromatic rings. The van der Waals surface area contributed by atoms with E-state index in [0.717, 1.165) is 29.8 Å². The Kier molecular flexibility index (Phi) is 5.56. The van der Waals surface area contributed by atoms with E-state index in [2.05, 4.69) is 25.2 Å². The Bertz CT molecular complexity index is 419. The predicted octanol–water partition coefficient (Wildman–Crippen LogP) is 4.95. The highest BCUT2D eigenvalue weighted by Crippen LogP contribution is 2.35. The largest absolute Gasteiger partial charge is 0.314 e. The van der Waals surface area contributed by atoms with Crippen molar-refractivity contribution in [2.45, 2.75) is 45.6 Å². The summed E-state index contributed by atoms with van der Waals surface area (Å²) in [4.78, 5) is 0. The van der Waals surface area contributed by atoms with Crippen molar-refractivity contribution in [2.24, 2.45) is 11.8 Å². The third-order valence-electron chi connectivity index (χ3n) is 4.24. The maximum absolute atomic E-state index is 6.31. The summed E-state index contributed by atoms with van der Waals surface area (Å²) in [5.41, 5.74) is 1.17. The summed E-state index contributed by atoms with van der Waals surface area (Å²) < 4.78 is 0. The minimum atomic E-state index is 0.519. The van der Waals surface area contributed by atoms with Crippen LogP contribution in [0, 0.1) is 11.8 Å². The molecule has 3 unspecified atom stereocenters. The second kappa shape index (κ2) is 6.97. The molecule has 1 fully saturated rings. The normalized spacial score (nSPS) is 24.6. The summed E-state index contributed by atoms with van der Waals surface area (Å²) >= 11 is 12.4. The lowest BCUT2D eigenvalue weighted by molar-refractivity contribution is 0.354. The molecule has 0 amide bonds. The lowest BCUT2D eigenvalue weighted by Gasteiger charge is -2.25. The first-order valence-corrected chi connectivity index (χ1v) is 8.03. The van der Waals surface area contributed by atoms with Gasteiger partial charge in [0.2, 0.25) is 0 Å². The maximum Gasteiger partial charge on any atom is 0.0624 e. The lowest BCUT2D eigenvalue weighted by Crippen LogP contribution is -2.37. The van der Waals surface area contributed by atoms with Crippen molar-refractivity contribution >= 4 is 23.2 Å². The molecule has 0 bridgehead atoms. The van der Waals surface area contributed by atoms with Gasteiger partial charge in [-0.05, 0) is 49.3 Å². The fourth-order valence-electron chi connectivity index (χ4n) is 3.23. The molecular weight excluding hydrogens is 277 g/mol. The molecule has 0 spiro atoms. The van der Waals surface area contributed by atoms with E-state index < -0.39 is 0 Å². The first-order valence-electron chi connectivity index (χ1n) is 7.28. The molecule has 19 heavy (non-hydrogen) atoms. The number of hydrogen-bond acceptors (Lipinski definition) is 1. The van der Waals surface area contributed by atoms with Gasteiger partial charge >= 0.3 is 0 Å². The van der Waals surface area contributed by atoms with Crippen molar-refractivity contribution in [1.82, 2.24) is 5.32 Å². The molecule has 106 valence electrons. The number of nitrogens with one attached hydrogen (secondary N) is 1. The lowest BCUT2D eigenvalue weighted by atomic mass is 9.91. The van der Waals surface area contributed by atoms with E-state index in [-0.39, 0.29) is 0 Å². The average molecular weight is 300 g/mol. The van der Waals surface area contributed by atoms with Crippen LogP contribution < -0.4 is 5.32 Å². The van der Waals surface area contributed by atoms with Gasteiger partial charge in [0.05, 0.1) is 10.0 Å². The van der Waals surface area contributed by atoms with Crippen LogP contribution in [0.25, 0.3) is 0 Å². The van der Waals surface area contributed by atoms with Gasteiger partial charge < -0.3 is 5.32 Å². The van der Waals surface area contributed by atoms with Crippen molar-refractivity contribution in [3.05, 3.63) is 33.8 Å². The molecule has 1 aliphatic rings. The summed E-state index contributed by atoms with van der Waals surface area (Å²) in [7, 11) is 0. The standard InChI is InChI=1S/C16H23Cl2N/c1-3-19-15(12-8-7-11(2)9-12)10-13-5-4-6-14(17)16(13)18/h4-6,11-12,15,19H,3,7-10H2,1-2H3. The highest BCUT2D eigenvalue weighted by atomic mass is 35.5. The molecule has 0 saturated heterocycles. The van der Waals surface area contributed by atoms with E-state index in [0.29, 0.717) is 11.1 Å². The molecule has 1 N–H and O–H groups in total. The molecule has 3 heteroatoms. The van der Waals surface area contributed by atoms with Crippen LogP contribution in [0.3, 0.4) is 0 Å². The topological polar surface area (TPSA) is 12.0 Å². The van der Waals surface area contributed by atoms with Crippen LogP contribution in [-0.2, 0) is 6.42 Å². The molecule has 3 atom stereocenters. The second-order valence-corrected chi connectivity index (χ2v) is 6.54. The number of hydrogen-bond donors (Lipinski definition) is 1. The second-order valence-electron chi connectivity index (χ2n) is 5.76. The van der Waals surface area contributed by atoms with Gasteiger partial charge in [0.1, 0.15) is 0 Å². The van der Waals surface area contributed by atoms with E-state index >= 15 is 0 Å². The zero-order valence-corrected chi connectivity index (χ0v) is 13.3. The van der Waals surface area contributed by atoms with Crippen LogP contribution in [0.1, 0.15) is 38.7 Å². The van der Waals surface area contributed by atoms with Crippen LogP contribution in [-0.4, -0.2) is 12.6 Å². The third kappa shape index (κ3) is 3.87. The molecule has 0 heterocycles. The summed E-state index contributed by atoms with van der Waals surface area (Å²) in [5, 5.41) is 5.02. The monoisotopic (exact) mass is 299 g/mol. The fraction of sp³-hybridized carbons (Fsp3) is 0.625. The van der Waals surface area contributed by atoms with Gasteiger partial charge in [-0.25, -0.2) is 0 Å². The van der Waals surface area contributed by atoms with Crippen LogP contribution in [0.15, 0.2) is 18.2 Å². The number of halogens is 2. The quantitative estimate of drug-likeness (QED) is 0.811. The Hall–Kier alpha value is -0.240. The predicted molar refractivity (Wildman–Crippen MR) is 84.1 cm³/mol. The Morgan fingerprint density at radius 2 is 2.11 bits per heavy atom. The first kappa shape index (κ1) is 15.2. The molecule has 1 aromatic carbocycles. The van der Waals surface area contributed by atoms with E-state index in [4.69, 9.17) is 23.2 Å². The van der Waals surface area contributed by atoms with E-state index in [1.807, 2.05) is 12.1 Å². The van der Waals surface area contributed by atoms with Gasteiger partial charge in [-0.3, -0.25) is 0 Å². The molecule has 2 rings (SSSR count). The SMILES string of the molecule is CCNC(Cc1cccc(Cl)c1Cl)C1CCC(C)C1. The van der Waals surface area contributed by atoms with Gasteiger partial charge in [-0.15, -0.1) is 0 Å². The molecule has 0 aromatic heterocycles. The fourth-order valence-corrected chi connectivity index (χ4v) is 3.62. The molecule has 1 saturated carbocycles. The summed E-state index contributed by atoms with van der Waals surface area (Å²) in [5.74, 6) is 1.63. The molecule has 0 aliphatic heterocycles. The summed E-state index contributed by atoms with van der Waals surface area (Å²) in [6, 6.07) is 6.46. The highest BCUT2D eigenvalue weighted by molar-refractivity contribution is 6.42. The average Bonchev–Trinajstić information content (AvgIpc) is 2.81. The smallest absolute Gasteiger partial charge is 0.0624 e. The molecular formula is C16H23Cl2N. The maximum atomic E-state index is 6.31. The Morgan fingerprint density at radius 3 is 2.74 bits per heavy atom. The number of rotatable bonds is 5. The number of likely N-dealkylation sites (N-methyl/N-ethyl adjacent to an activating group) is 1. The van der Waals surface area contributed by atoms with Gasteiger partial charge in [0.25, 0.3) is 0 Å². The minimum Gasteiger partial charge on any atom is -0.314 e. The molecule has 1 aliphatic carbocycles. The van der Waals surface area contributed by atoms with E-state index in [1.54, 1.807) is 0 Å². The number of benzene rings is 1. The van der Waals surface area contributed by atoms with Crippen molar-refractivity contribution < 1.29 is 0 Å². The van der Waals surface area contributed by atoms with Gasteiger partial charge in [0, 0.05) is 6.04 Å². The molecule has 0 radical (unpaired) electrons. The van der Waals surface area contributed by atoms with Crippen molar-refractivity contribution in [2.75, 3.05) is 6.54 Å². The third-order valence-corrected chi connectivity index (χ3v) is 5.10. The highest BCUT2D eigenvalue weighted by Gasteiger charge is 2.28. The van der Waals surface area contributed by atoms with E-state index in [9.17, 15) is 0 Å². The van der Waals surface area contributed by atoms with E-state index in [1.165, 1.54) is 24.8 Å². The van der Waals surface area contributed by atoms with Crippen LogP contribution in [0.4, 0.5) is 0 Å². The van der Waals surface area contributed by atoms with Gasteiger partial charge in [0.15, 0.2) is 0 Å². The zero-order chi connectivity index (χ0) is 13.8. The van der Waals surface area contributed by atoms with Crippen LogP contribution in [0.5, 0.6) is 0 Å². The van der Waals surface area contributed by atoms with Crippen molar-refractivity contribution in [3.8, 4) is 0 Å². The zero-order valence-electron chi connectivity index (χ0n) is 11.8. The van der Waals surface area contributed by atoms with Gasteiger partial charge in [-0.2, -0.15) is 0 Å².